The van der Waals surface area contributed by atoms with Gasteiger partial charge in [-0.05, 0) is 22.3 Å². The van der Waals surface area contributed by atoms with E-state index in [0.717, 1.165) is 35.2 Å². The Balaban J connectivity index is 2.22. The maximum atomic E-state index is 13.3. The van der Waals surface area contributed by atoms with Gasteiger partial charge in [0.05, 0.1) is 0 Å². The maximum absolute atomic E-state index is 13.3. The third kappa shape index (κ3) is 5.42. The zero-order valence-electron chi connectivity index (χ0n) is 18.6. The van der Waals surface area contributed by atoms with Crippen molar-refractivity contribution in [3.63, 3.8) is 0 Å². The molecular formula is C27H27N2O3P. The molecular weight excluding hydrogens is 431 g/mol. The van der Waals surface area contributed by atoms with Gasteiger partial charge in [0, 0.05) is 13.4 Å². The third-order valence-electron chi connectivity index (χ3n) is 5.30. The van der Waals surface area contributed by atoms with Crippen molar-refractivity contribution >= 4 is 40.2 Å². The molecule has 33 heavy (non-hydrogen) atoms. The normalized spacial score (nSPS) is 10.7. The molecule has 0 radical (unpaired) electrons. The van der Waals surface area contributed by atoms with Crippen LogP contribution in [0.3, 0.4) is 0 Å². The van der Waals surface area contributed by atoms with Gasteiger partial charge in [-0.1, -0.05) is 111 Å². The lowest BCUT2D eigenvalue weighted by molar-refractivity contribution is -0.129. The summed E-state index contributed by atoms with van der Waals surface area (Å²) < 4.78 is 5.13. The number of hydrogen-bond donors (Lipinski definition) is 1. The van der Waals surface area contributed by atoms with Gasteiger partial charge < -0.3 is 10.1 Å². The van der Waals surface area contributed by atoms with Crippen LogP contribution in [-0.4, -0.2) is 23.9 Å². The molecule has 0 bridgehead atoms. The van der Waals surface area contributed by atoms with Crippen LogP contribution in [0.25, 0.3) is 0 Å². The van der Waals surface area contributed by atoms with Gasteiger partial charge in [0.15, 0.2) is 0 Å². The van der Waals surface area contributed by atoms with Crippen molar-refractivity contribution in [3.8, 4) is 6.07 Å². The summed E-state index contributed by atoms with van der Waals surface area (Å²) in [5, 5.41) is 15.3. The smallest absolute Gasteiger partial charge is 0.372 e. The van der Waals surface area contributed by atoms with Gasteiger partial charge in [-0.3, -0.25) is 0 Å². The summed E-state index contributed by atoms with van der Waals surface area (Å²) >= 11 is 0. The van der Waals surface area contributed by atoms with E-state index in [1.54, 1.807) is 0 Å². The molecule has 168 valence electrons. The monoisotopic (exact) mass is 458 g/mol. The van der Waals surface area contributed by atoms with Gasteiger partial charge >= 0.3 is 12.1 Å². The van der Waals surface area contributed by atoms with Gasteiger partial charge in [-0.15, -0.1) is 0 Å². The van der Waals surface area contributed by atoms with Gasteiger partial charge in [0.2, 0.25) is 0 Å². The number of amides is 1. The predicted molar refractivity (Wildman–Crippen MR) is 135 cm³/mol. The molecule has 0 spiro atoms. The molecule has 0 atom stereocenters. The number of ether oxygens (including phenoxy) is 1. The van der Waals surface area contributed by atoms with Crippen molar-refractivity contribution in [1.82, 2.24) is 5.32 Å². The van der Waals surface area contributed by atoms with Crippen molar-refractivity contribution in [2.24, 2.45) is 0 Å². The largest absolute Gasteiger partial charge is 0.415 e. The summed E-state index contributed by atoms with van der Waals surface area (Å²) in [7, 11) is 0. The minimum absolute atomic E-state index is 0.0743. The fourth-order valence-electron chi connectivity index (χ4n) is 3.78. The molecule has 1 amide bonds. The summed E-state index contributed by atoms with van der Waals surface area (Å²) in [5.41, 5.74) is 0. The molecule has 0 unspecified atom stereocenters. The fourth-order valence-corrected chi connectivity index (χ4v) is 7.78. The molecule has 3 aromatic carbocycles. The highest BCUT2D eigenvalue weighted by molar-refractivity contribution is 7.96. The highest BCUT2D eigenvalue weighted by Gasteiger charge is 2.35. The fraction of sp³-hybridized carbons (Fsp3) is 0.185. The van der Waals surface area contributed by atoms with Crippen molar-refractivity contribution in [2.45, 2.75) is 26.2 Å². The first-order valence-corrected chi connectivity index (χ1v) is 12.8. The van der Waals surface area contributed by atoms with Crippen molar-refractivity contribution in [1.29, 1.82) is 5.26 Å². The minimum atomic E-state index is -2.91. The van der Waals surface area contributed by atoms with E-state index in [1.807, 2.05) is 91.0 Å². The van der Waals surface area contributed by atoms with Gasteiger partial charge in [-0.2, -0.15) is 5.26 Å². The number of carbonyl (C=O) groups is 2. The molecule has 1 N–H and O–H groups in total. The quantitative estimate of drug-likeness (QED) is 0.238. The number of nitriles is 1. The second-order valence-electron chi connectivity index (χ2n) is 7.45. The number of hydrogen-bond acceptors (Lipinski definition) is 4. The lowest BCUT2D eigenvalue weighted by Crippen LogP contribution is -2.36. The number of rotatable bonds is 8. The molecule has 0 heterocycles. The lowest BCUT2D eigenvalue weighted by atomic mass is 10.2. The van der Waals surface area contributed by atoms with Crippen molar-refractivity contribution in [3.05, 3.63) is 91.0 Å². The highest BCUT2D eigenvalue weighted by atomic mass is 31.2. The van der Waals surface area contributed by atoms with Crippen LogP contribution in [-0.2, 0) is 9.53 Å². The second-order valence-corrected chi connectivity index (χ2v) is 10.8. The van der Waals surface area contributed by atoms with E-state index in [9.17, 15) is 14.9 Å². The Hall–Kier alpha value is -3.61. The number of nitrogens with one attached hydrogen (secondary N) is 1. The Morgan fingerprint density at radius 1 is 0.818 bits per heavy atom. The molecule has 0 aliphatic rings. The average Bonchev–Trinajstić information content (AvgIpc) is 2.86. The van der Waals surface area contributed by atoms with E-state index in [-0.39, 0.29) is 5.29 Å². The zero-order chi connectivity index (χ0) is 23.5. The summed E-state index contributed by atoms with van der Waals surface area (Å²) in [6, 6.07) is 30.6. The van der Waals surface area contributed by atoms with Gasteiger partial charge in [0.1, 0.15) is 11.4 Å². The van der Waals surface area contributed by atoms with Crippen LogP contribution in [0, 0.1) is 11.3 Å². The summed E-state index contributed by atoms with van der Waals surface area (Å²) in [4.78, 5) is 25.6. The van der Waals surface area contributed by atoms with Crippen molar-refractivity contribution in [2.75, 3.05) is 6.54 Å². The van der Waals surface area contributed by atoms with Crippen LogP contribution in [0.1, 0.15) is 26.2 Å². The Bertz CT molecular complexity index is 1070. The Morgan fingerprint density at radius 3 is 1.67 bits per heavy atom. The standard InChI is InChI=1S/C27H27N2O3P/c1-2-3-13-20-29-27(31)32-26(30)25(21-28)33(22-14-7-4-8-15-22,23-16-9-5-10-17-23)24-18-11-6-12-19-24/h4-12,14-19H,2-3,13,20H2,1H3,(H,29,31). The molecule has 0 fully saturated rings. The van der Waals surface area contributed by atoms with E-state index in [2.05, 4.69) is 18.3 Å². The lowest BCUT2D eigenvalue weighted by Gasteiger charge is -2.29. The minimum Gasteiger partial charge on any atom is -0.372 e. The topological polar surface area (TPSA) is 79.2 Å². The number of nitrogens with zero attached hydrogens (tertiary/aromatic N) is 1. The van der Waals surface area contributed by atoms with E-state index in [1.165, 1.54) is 0 Å². The highest BCUT2D eigenvalue weighted by Crippen LogP contribution is 2.46. The summed E-state index contributed by atoms with van der Waals surface area (Å²) in [6.45, 7) is -0.431. The Kier molecular flexibility index (Phi) is 8.63. The van der Waals surface area contributed by atoms with E-state index in [4.69, 9.17) is 4.74 Å². The number of unbranched alkanes of at least 4 members (excludes halogenated alkanes) is 2. The molecule has 5 nitrogen and oxygen atoms in total. The van der Waals surface area contributed by atoms with Crippen LogP contribution in [0.5, 0.6) is 0 Å². The van der Waals surface area contributed by atoms with Gasteiger partial charge in [-0.25, -0.2) is 9.59 Å². The third-order valence-corrected chi connectivity index (χ3v) is 9.47. The number of carbonyl (C=O) groups excluding carboxylic acids is 2. The van der Waals surface area contributed by atoms with Crippen LogP contribution < -0.4 is 21.2 Å². The molecule has 0 saturated carbocycles. The van der Waals surface area contributed by atoms with E-state index in [0.29, 0.717) is 6.54 Å². The SMILES string of the molecule is CCCCCNC(=O)OC(=O)C(C#N)=P(c1ccccc1)(c1ccccc1)c1ccccc1. The van der Waals surface area contributed by atoms with Crippen LogP contribution in [0.15, 0.2) is 91.0 Å². The zero-order valence-corrected chi connectivity index (χ0v) is 19.5. The van der Waals surface area contributed by atoms with Crippen LogP contribution in [0.4, 0.5) is 4.79 Å². The van der Waals surface area contributed by atoms with Gasteiger partial charge in [0.25, 0.3) is 0 Å². The Labute approximate surface area is 195 Å². The second kappa shape index (κ2) is 11.9. The first-order chi connectivity index (χ1) is 16.1. The maximum Gasteiger partial charge on any atom is 0.415 e. The van der Waals surface area contributed by atoms with E-state index >= 15 is 0 Å². The molecule has 3 rings (SSSR count). The van der Waals surface area contributed by atoms with Crippen LogP contribution in [0.2, 0.25) is 0 Å². The van der Waals surface area contributed by atoms with Crippen LogP contribution >= 0.6 is 6.89 Å². The summed E-state index contributed by atoms with van der Waals surface area (Å²) in [5.74, 6) is -0.921. The first-order valence-electron chi connectivity index (χ1n) is 11.0. The number of alkyl carbamates (subject to hydrolysis) is 1. The molecule has 0 saturated heterocycles. The van der Waals surface area contributed by atoms with E-state index < -0.39 is 18.9 Å². The first kappa shape index (κ1) is 24.0. The van der Waals surface area contributed by atoms with Crippen molar-refractivity contribution < 1.29 is 14.3 Å². The number of esters is 1. The predicted octanol–water partition coefficient (Wildman–Crippen LogP) is 4.12. The molecule has 0 aliphatic heterocycles. The summed E-state index contributed by atoms with van der Waals surface area (Å²) in [6.07, 6.45) is 1.94. The molecule has 0 aliphatic carbocycles. The number of benzene rings is 3. The molecule has 0 aromatic heterocycles. The average molecular weight is 458 g/mol. The Morgan fingerprint density at radius 2 is 1.27 bits per heavy atom. The molecule has 3 aromatic rings. The molecule has 6 heteroatoms.